The molecule has 1 nitrogen and oxygen atoms in total. The van der Waals surface area contributed by atoms with Gasteiger partial charge in [0, 0.05) is 16.8 Å². The molecule has 246 valence electrons. The van der Waals surface area contributed by atoms with Gasteiger partial charge in [0.25, 0.3) is 0 Å². The van der Waals surface area contributed by atoms with Gasteiger partial charge in [-0.25, -0.2) is 0 Å². The van der Waals surface area contributed by atoms with E-state index in [1.54, 1.807) is 0 Å². The minimum Gasteiger partial charge on any atom is -0.310 e. The molecule has 0 aliphatic heterocycles. The van der Waals surface area contributed by atoms with Crippen molar-refractivity contribution in [2.75, 3.05) is 4.90 Å². The van der Waals surface area contributed by atoms with Gasteiger partial charge in [-0.15, -0.1) is 0 Å². The number of hydrogen-bond acceptors (Lipinski definition) is 1. The summed E-state index contributed by atoms with van der Waals surface area (Å²) in [4.78, 5) is 2.40. The average molecular weight is 672 g/mol. The van der Waals surface area contributed by atoms with Crippen LogP contribution < -0.4 is 4.90 Å². The topological polar surface area (TPSA) is 3.24 Å². The van der Waals surface area contributed by atoms with E-state index in [1.807, 2.05) is 0 Å². The largest absolute Gasteiger partial charge is 0.310 e. The molecule has 0 unspecified atom stereocenters. The van der Waals surface area contributed by atoms with Gasteiger partial charge in [0.2, 0.25) is 0 Å². The highest BCUT2D eigenvalue weighted by atomic mass is 15.1. The predicted molar refractivity (Wildman–Crippen MR) is 226 cm³/mol. The summed E-state index contributed by atoms with van der Waals surface area (Å²) in [5, 5.41) is 10.1. The molecule has 0 fully saturated rings. The first-order valence-electron chi connectivity index (χ1n) is 18.4. The smallest absolute Gasteiger partial charge is 0.0540 e. The molecule has 10 aromatic rings. The number of nitrogens with zero attached hydrogens (tertiary/aromatic N) is 1. The van der Waals surface area contributed by atoms with E-state index in [-0.39, 0.29) is 0 Å². The molecule has 0 bridgehead atoms. The SMILES string of the molecule is c1ccc(N(c2ccccc2)c2ccc3c4c(cccc24)-c2c-3c(-c3cccc4ccccc34)c3ccccc3c2-c2cccc3ccccc23)cc1. The number of hydrogen-bond donors (Lipinski definition) is 0. The van der Waals surface area contributed by atoms with E-state index in [0.717, 1.165) is 11.4 Å². The maximum atomic E-state index is 2.40. The van der Waals surface area contributed by atoms with Gasteiger partial charge in [0.1, 0.15) is 0 Å². The Balaban J connectivity index is 1.31. The standard InChI is InChI=1S/C52H33N/c1-3-20-36(21-4-1)53(37-22-5-2-6-23-37)47-33-32-46-48-44(47)30-15-31-45(48)51-49(40-28-13-18-34-16-7-9-24-38(34)40)42-26-11-12-27-43(42)50(52(46)51)41-29-14-19-35-17-8-10-25-39(35)41/h1-33H. The molecule has 11 rings (SSSR count). The fourth-order valence-corrected chi connectivity index (χ4v) is 9.01. The van der Waals surface area contributed by atoms with Crippen molar-refractivity contribution in [3.8, 4) is 44.5 Å². The second-order valence-corrected chi connectivity index (χ2v) is 14.0. The number of para-hydroxylation sites is 2. The lowest BCUT2D eigenvalue weighted by atomic mass is 9.81. The molecule has 1 aliphatic carbocycles. The molecule has 0 amide bonds. The van der Waals surface area contributed by atoms with Crippen molar-refractivity contribution in [2.45, 2.75) is 0 Å². The number of fused-ring (bicyclic) bond motifs is 6. The van der Waals surface area contributed by atoms with Crippen LogP contribution >= 0.6 is 0 Å². The molecule has 53 heavy (non-hydrogen) atoms. The molecule has 10 aromatic carbocycles. The van der Waals surface area contributed by atoms with Crippen LogP contribution in [0.5, 0.6) is 0 Å². The molecule has 0 radical (unpaired) electrons. The van der Waals surface area contributed by atoms with Gasteiger partial charge in [0.15, 0.2) is 0 Å². The average Bonchev–Trinajstić information content (AvgIpc) is 3.56. The molecule has 1 aliphatic rings. The number of anilines is 3. The van der Waals surface area contributed by atoms with Crippen LogP contribution in [0.15, 0.2) is 200 Å². The lowest BCUT2D eigenvalue weighted by molar-refractivity contribution is 1.30. The van der Waals surface area contributed by atoms with Crippen LogP contribution in [0.2, 0.25) is 0 Å². The Hall–Kier alpha value is -6.96. The van der Waals surface area contributed by atoms with Gasteiger partial charge in [0.05, 0.1) is 5.69 Å². The van der Waals surface area contributed by atoms with Gasteiger partial charge in [-0.1, -0.05) is 170 Å². The van der Waals surface area contributed by atoms with E-state index in [4.69, 9.17) is 0 Å². The summed E-state index contributed by atoms with van der Waals surface area (Å²) in [6.45, 7) is 0. The fourth-order valence-electron chi connectivity index (χ4n) is 9.01. The number of benzene rings is 10. The van der Waals surface area contributed by atoms with Crippen LogP contribution in [0.25, 0.3) is 87.6 Å². The van der Waals surface area contributed by atoms with Crippen LogP contribution in [-0.4, -0.2) is 0 Å². The lowest BCUT2D eigenvalue weighted by Crippen LogP contribution is -2.10. The highest BCUT2D eigenvalue weighted by Crippen LogP contribution is 2.60. The quantitative estimate of drug-likeness (QED) is 0.176. The summed E-state index contributed by atoms with van der Waals surface area (Å²) in [7, 11) is 0. The number of rotatable bonds is 5. The molecule has 1 heteroatoms. The molecular formula is C52H33N. The molecule has 0 spiro atoms. The summed E-state index contributed by atoms with van der Waals surface area (Å²) in [6, 6.07) is 73.4. The summed E-state index contributed by atoms with van der Waals surface area (Å²) >= 11 is 0. The van der Waals surface area contributed by atoms with E-state index < -0.39 is 0 Å². The zero-order chi connectivity index (χ0) is 34.9. The first-order valence-corrected chi connectivity index (χ1v) is 18.4. The molecule has 0 heterocycles. The van der Waals surface area contributed by atoms with E-state index in [2.05, 4.69) is 205 Å². The van der Waals surface area contributed by atoms with Crippen molar-refractivity contribution in [3.05, 3.63) is 200 Å². The highest BCUT2D eigenvalue weighted by Gasteiger charge is 2.32. The van der Waals surface area contributed by atoms with E-state index >= 15 is 0 Å². The zero-order valence-corrected chi connectivity index (χ0v) is 29.0. The zero-order valence-electron chi connectivity index (χ0n) is 29.0. The molecule has 0 saturated heterocycles. The third-order valence-corrected chi connectivity index (χ3v) is 11.2. The van der Waals surface area contributed by atoms with Crippen molar-refractivity contribution in [2.24, 2.45) is 0 Å². The molecule has 0 N–H and O–H groups in total. The fraction of sp³-hybridized carbons (Fsp3) is 0. The molecule has 0 aromatic heterocycles. The van der Waals surface area contributed by atoms with E-state index in [1.165, 1.54) is 93.3 Å². The highest BCUT2D eigenvalue weighted by molar-refractivity contribution is 6.30. The maximum absolute atomic E-state index is 2.40. The molecule has 0 atom stereocenters. The van der Waals surface area contributed by atoms with Crippen LogP contribution in [0.3, 0.4) is 0 Å². The first-order chi connectivity index (χ1) is 26.3. The lowest BCUT2D eigenvalue weighted by Gasteiger charge is -2.27. The second-order valence-electron chi connectivity index (χ2n) is 14.0. The van der Waals surface area contributed by atoms with Crippen molar-refractivity contribution in [1.29, 1.82) is 0 Å². The van der Waals surface area contributed by atoms with Gasteiger partial charge < -0.3 is 4.90 Å². The van der Waals surface area contributed by atoms with Gasteiger partial charge in [-0.05, 0) is 113 Å². The molecule has 0 saturated carbocycles. The second kappa shape index (κ2) is 11.8. The Labute approximate surface area is 308 Å². The Bertz CT molecular complexity index is 2870. The monoisotopic (exact) mass is 671 g/mol. The van der Waals surface area contributed by atoms with E-state index in [0.29, 0.717) is 0 Å². The summed E-state index contributed by atoms with van der Waals surface area (Å²) in [6.07, 6.45) is 0. The Kier molecular flexibility index (Phi) is 6.62. The summed E-state index contributed by atoms with van der Waals surface area (Å²) < 4.78 is 0. The Morgan fingerprint density at radius 2 is 0.642 bits per heavy atom. The van der Waals surface area contributed by atoms with Crippen molar-refractivity contribution in [3.63, 3.8) is 0 Å². The third-order valence-electron chi connectivity index (χ3n) is 11.2. The van der Waals surface area contributed by atoms with Gasteiger partial charge in [-0.2, -0.15) is 0 Å². The van der Waals surface area contributed by atoms with E-state index in [9.17, 15) is 0 Å². The van der Waals surface area contributed by atoms with Crippen molar-refractivity contribution >= 4 is 60.2 Å². The predicted octanol–water partition coefficient (Wildman–Crippen LogP) is 14.8. The first kappa shape index (κ1) is 29.7. The van der Waals surface area contributed by atoms with Crippen LogP contribution in [0.1, 0.15) is 0 Å². The van der Waals surface area contributed by atoms with Crippen molar-refractivity contribution < 1.29 is 0 Å². The van der Waals surface area contributed by atoms with Crippen LogP contribution in [0.4, 0.5) is 17.1 Å². The maximum Gasteiger partial charge on any atom is 0.0540 e. The van der Waals surface area contributed by atoms with Crippen molar-refractivity contribution in [1.82, 2.24) is 0 Å². The Morgan fingerprint density at radius 1 is 0.245 bits per heavy atom. The minimum atomic E-state index is 1.13. The van der Waals surface area contributed by atoms with Crippen LogP contribution in [0, 0.1) is 0 Å². The van der Waals surface area contributed by atoms with Gasteiger partial charge in [-0.3, -0.25) is 0 Å². The van der Waals surface area contributed by atoms with Gasteiger partial charge >= 0.3 is 0 Å². The Morgan fingerprint density at radius 3 is 1.19 bits per heavy atom. The summed E-state index contributed by atoms with van der Waals surface area (Å²) in [5.74, 6) is 0. The summed E-state index contributed by atoms with van der Waals surface area (Å²) in [5.41, 5.74) is 13.7. The van der Waals surface area contributed by atoms with Crippen LogP contribution in [-0.2, 0) is 0 Å². The minimum absolute atomic E-state index is 1.13. The normalized spacial score (nSPS) is 11.8. The molecular weight excluding hydrogens is 639 g/mol. The third kappa shape index (κ3) is 4.44.